The third kappa shape index (κ3) is 4.42. The fourth-order valence-corrected chi connectivity index (χ4v) is 4.62. The summed E-state index contributed by atoms with van der Waals surface area (Å²) in [5, 5.41) is 3.58. The molecule has 1 amide bonds. The topological polar surface area (TPSA) is 80.9 Å². The zero-order valence-corrected chi connectivity index (χ0v) is 18.2. The summed E-state index contributed by atoms with van der Waals surface area (Å²) in [6.07, 6.45) is 7.91. The second-order valence-corrected chi connectivity index (χ2v) is 8.58. The number of amides is 1. The Morgan fingerprint density at radius 1 is 1.00 bits per heavy atom. The van der Waals surface area contributed by atoms with Gasteiger partial charge in [-0.15, -0.1) is 0 Å². The number of rotatable bonds is 4. The lowest BCUT2D eigenvalue weighted by molar-refractivity contribution is 0.102. The first-order chi connectivity index (χ1) is 16.1. The lowest BCUT2D eigenvalue weighted by atomic mass is 9.84. The fraction of sp³-hybridized carbons (Fsp3) is 0.222. The van der Waals surface area contributed by atoms with Crippen molar-refractivity contribution in [2.45, 2.75) is 38.0 Å². The average Bonchev–Trinajstić information content (AvgIpc) is 2.85. The summed E-state index contributed by atoms with van der Waals surface area (Å²) in [7, 11) is 0. The normalized spacial score (nSPS) is 14.3. The van der Waals surface area contributed by atoms with Crippen LogP contribution in [-0.2, 0) is 0 Å². The SMILES string of the molecule is Nc1ncc2cc(-c3cccc(C(=O)Nc4ccc(C5CCCCC5)cc4)c3F)ccc2n1. The number of hydrogen-bond acceptors (Lipinski definition) is 4. The van der Waals surface area contributed by atoms with Crippen LogP contribution in [0.3, 0.4) is 0 Å². The van der Waals surface area contributed by atoms with Crippen molar-refractivity contribution in [3.05, 3.63) is 83.8 Å². The minimum Gasteiger partial charge on any atom is -0.368 e. The van der Waals surface area contributed by atoms with Gasteiger partial charge in [-0.2, -0.15) is 0 Å². The minimum absolute atomic E-state index is 0.00231. The predicted molar refractivity (Wildman–Crippen MR) is 130 cm³/mol. The van der Waals surface area contributed by atoms with Gasteiger partial charge in [0.25, 0.3) is 5.91 Å². The smallest absolute Gasteiger partial charge is 0.258 e. The molecule has 1 fully saturated rings. The van der Waals surface area contributed by atoms with Crippen molar-refractivity contribution < 1.29 is 9.18 Å². The number of anilines is 2. The molecule has 5 rings (SSSR count). The molecule has 0 atom stereocenters. The monoisotopic (exact) mass is 440 g/mol. The summed E-state index contributed by atoms with van der Waals surface area (Å²) < 4.78 is 15.4. The maximum atomic E-state index is 15.4. The van der Waals surface area contributed by atoms with E-state index in [1.54, 1.807) is 36.5 Å². The number of nitrogens with zero attached hydrogens (tertiary/aromatic N) is 2. The van der Waals surface area contributed by atoms with Crippen molar-refractivity contribution in [2.24, 2.45) is 0 Å². The van der Waals surface area contributed by atoms with Gasteiger partial charge in [0.15, 0.2) is 0 Å². The molecular weight excluding hydrogens is 415 g/mol. The van der Waals surface area contributed by atoms with Crippen LogP contribution < -0.4 is 11.1 Å². The lowest BCUT2D eigenvalue weighted by Crippen LogP contribution is -2.14. The molecule has 1 aromatic heterocycles. The molecule has 1 aliphatic carbocycles. The largest absolute Gasteiger partial charge is 0.368 e. The number of nitrogens with one attached hydrogen (secondary N) is 1. The zero-order valence-electron chi connectivity index (χ0n) is 18.2. The maximum absolute atomic E-state index is 15.4. The second-order valence-electron chi connectivity index (χ2n) is 8.58. The van der Waals surface area contributed by atoms with E-state index < -0.39 is 11.7 Å². The molecule has 166 valence electrons. The van der Waals surface area contributed by atoms with Crippen molar-refractivity contribution in [3.8, 4) is 11.1 Å². The molecule has 3 N–H and O–H groups in total. The first kappa shape index (κ1) is 21.1. The van der Waals surface area contributed by atoms with E-state index in [0.717, 1.165) is 5.39 Å². The number of fused-ring (bicyclic) bond motifs is 1. The third-order valence-corrected chi connectivity index (χ3v) is 6.40. The van der Waals surface area contributed by atoms with Crippen molar-refractivity contribution in [1.29, 1.82) is 0 Å². The van der Waals surface area contributed by atoms with Gasteiger partial charge >= 0.3 is 0 Å². The molecular formula is C27H25FN4O. The molecule has 1 saturated carbocycles. The lowest BCUT2D eigenvalue weighted by Gasteiger charge is -2.22. The summed E-state index contributed by atoms with van der Waals surface area (Å²) in [4.78, 5) is 21.0. The Morgan fingerprint density at radius 3 is 2.58 bits per heavy atom. The predicted octanol–water partition coefficient (Wildman–Crippen LogP) is 6.32. The molecule has 6 heteroatoms. The highest BCUT2D eigenvalue weighted by Gasteiger charge is 2.18. The van der Waals surface area contributed by atoms with Gasteiger partial charge in [0.05, 0.1) is 11.1 Å². The third-order valence-electron chi connectivity index (χ3n) is 6.40. The van der Waals surface area contributed by atoms with E-state index in [9.17, 15) is 4.79 Å². The summed E-state index contributed by atoms with van der Waals surface area (Å²) >= 11 is 0. The number of hydrogen-bond donors (Lipinski definition) is 2. The van der Waals surface area contributed by atoms with E-state index in [1.807, 2.05) is 12.1 Å². The highest BCUT2D eigenvalue weighted by atomic mass is 19.1. The van der Waals surface area contributed by atoms with Gasteiger partial charge in [0.2, 0.25) is 5.95 Å². The van der Waals surface area contributed by atoms with Crippen molar-refractivity contribution >= 4 is 28.4 Å². The van der Waals surface area contributed by atoms with Gasteiger partial charge in [-0.3, -0.25) is 4.79 Å². The fourth-order valence-electron chi connectivity index (χ4n) is 4.62. The van der Waals surface area contributed by atoms with Crippen LogP contribution in [0.25, 0.3) is 22.0 Å². The minimum atomic E-state index is -0.565. The molecule has 0 aliphatic heterocycles. The number of benzene rings is 3. The molecule has 0 bridgehead atoms. The van der Waals surface area contributed by atoms with Crippen LogP contribution in [0.2, 0.25) is 0 Å². The van der Waals surface area contributed by atoms with Crippen LogP contribution in [0.15, 0.2) is 66.9 Å². The summed E-state index contributed by atoms with van der Waals surface area (Å²) in [5.74, 6) is -0.255. The Kier molecular flexibility index (Phi) is 5.73. The molecule has 0 saturated heterocycles. The van der Waals surface area contributed by atoms with Crippen molar-refractivity contribution in [2.75, 3.05) is 11.1 Å². The van der Waals surface area contributed by atoms with E-state index >= 15 is 4.39 Å². The van der Waals surface area contributed by atoms with E-state index in [-0.39, 0.29) is 11.5 Å². The highest BCUT2D eigenvalue weighted by molar-refractivity contribution is 6.05. The molecule has 0 radical (unpaired) electrons. The molecule has 4 aromatic rings. The second kappa shape index (κ2) is 8.98. The van der Waals surface area contributed by atoms with Crippen LogP contribution >= 0.6 is 0 Å². The van der Waals surface area contributed by atoms with Gasteiger partial charge < -0.3 is 11.1 Å². The van der Waals surface area contributed by atoms with Crippen molar-refractivity contribution in [1.82, 2.24) is 9.97 Å². The molecule has 0 spiro atoms. The first-order valence-corrected chi connectivity index (χ1v) is 11.3. The number of nitrogens with two attached hydrogens (primary N) is 1. The highest BCUT2D eigenvalue weighted by Crippen LogP contribution is 2.33. The number of carbonyl (C=O) groups is 1. The summed E-state index contributed by atoms with van der Waals surface area (Å²) in [6.45, 7) is 0. The summed E-state index contributed by atoms with van der Waals surface area (Å²) in [5.41, 5.74) is 9.25. The van der Waals surface area contributed by atoms with Gasteiger partial charge in [0.1, 0.15) is 5.82 Å². The number of aromatic nitrogens is 2. The number of nitrogen functional groups attached to an aromatic ring is 1. The number of halogens is 1. The van der Waals surface area contributed by atoms with Gasteiger partial charge in [0, 0.05) is 22.8 Å². The van der Waals surface area contributed by atoms with E-state index in [0.29, 0.717) is 28.2 Å². The Morgan fingerprint density at radius 2 is 1.79 bits per heavy atom. The molecule has 1 aliphatic rings. The van der Waals surface area contributed by atoms with Crippen LogP contribution in [0, 0.1) is 5.82 Å². The molecule has 1 heterocycles. The van der Waals surface area contributed by atoms with Crippen molar-refractivity contribution in [3.63, 3.8) is 0 Å². The standard InChI is InChI=1S/C27H25FN4O/c28-25-22(19-11-14-24-20(15-19)16-30-27(29)32-24)7-4-8-23(25)26(33)31-21-12-9-18(10-13-21)17-5-2-1-3-6-17/h4,7-17H,1-3,5-6H2,(H,31,33)(H2,29,30,32). The zero-order chi connectivity index (χ0) is 22.8. The number of carbonyl (C=O) groups excluding carboxylic acids is 1. The first-order valence-electron chi connectivity index (χ1n) is 11.3. The quantitative estimate of drug-likeness (QED) is 0.389. The van der Waals surface area contributed by atoms with E-state index in [1.165, 1.54) is 43.7 Å². The Hall–Kier alpha value is -3.80. The van der Waals surface area contributed by atoms with E-state index in [2.05, 4.69) is 27.4 Å². The molecule has 3 aromatic carbocycles. The molecule has 5 nitrogen and oxygen atoms in total. The average molecular weight is 441 g/mol. The van der Waals surface area contributed by atoms with Crippen LogP contribution in [0.5, 0.6) is 0 Å². The van der Waals surface area contributed by atoms with Gasteiger partial charge in [-0.1, -0.05) is 49.6 Å². The maximum Gasteiger partial charge on any atom is 0.258 e. The Labute approximate surface area is 191 Å². The van der Waals surface area contributed by atoms with Crippen LogP contribution in [0.1, 0.15) is 53.9 Å². The Balaban J connectivity index is 1.37. The van der Waals surface area contributed by atoms with Gasteiger partial charge in [-0.05, 0) is 60.2 Å². The van der Waals surface area contributed by atoms with Gasteiger partial charge in [-0.25, -0.2) is 14.4 Å². The molecule has 33 heavy (non-hydrogen) atoms. The van der Waals surface area contributed by atoms with Crippen LogP contribution in [0.4, 0.5) is 16.0 Å². The Bertz CT molecular complexity index is 1310. The summed E-state index contributed by atoms with van der Waals surface area (Å²) in [6, 6.07) is 18.1. The van der Waals surface area contributed by atoms with Crippen LogP contribution in [-0.4, -0.2) is 15.9 Å². The molecule has 0 unspecified atom stereocenters. The van der Waals surface area contributed by atoms with E-state index in [4.69, 9.17) is 5.73 Å².